The van der Waals surface area contributed by atoms with Gasteiger partial charge in [-0.3, -0.25) is 0 Å². The summed E-state index contributed by atoms with van der Waals surface area (Å²) < 4.78 is 6.10. The number of ether oxygens (including phenoxy) is 1. The van der Waals surface area contributed by atoms with Gasteiger partial charge in [-0.25, -0.2) is 0 Å². The van der Waals surface area contributed by atoms with E-state index in [0.29, 0.717) is 0 Å². The van der Waals surface area contributed by atoms with E-state index in [1.54, 1.807) is 0 Å². The summed E-state index contributed by atoms with van der Waals surface area (Å²) >= 11 is 0. The Kier molecular flexibility index (Phi) is 4.15. The normalized spacial score (nSPS) is 25.7. The molecule has 0 amide bonds. The summed E-state index contributed by atoms with van der Waals surface area (Å²) in [5, 5.41) is 0. The third kappa shape index (κ3) is 3.01. The summed E-state index contributed by atoms with van der Waals surface area (Å²) in [6.45, 7) is 11.2. The lowest BCUT2D eigenvalue weighted by Gasteiger charge is -2.27. The predicted molar refractivity (Wildman–Crippen MR) is 85.2 cm³/mol. The molecule has 112 valence electrons. The molecule has 0 saturated heterocycles. The molecule has 2 rings (SSSR count). The molecule has 1 aromatic rings. The molecule has 2 nitrogen and oxygen atoms in total. The SMILES string of the molecule is CCC(C)(C)c1ccc(OC2CCC(C)(C)C2N)cc1. The highest BCUT2D eigenvalue weighted by Crippen LogP contribution is 2.38. The van der Waals surface area contributed by atoms with Crippen molar-refractivity contribution in [2.75, 3.05) is 0 Å². The minimum absolute atomic E-state index is 0.120. The fourth-order valence-corrected chi connectivity index (χ4v) is 2.86. The van der Waals surface area contributed by atoms with Crippen LogP contribution in [-0.4, -0.2) is 12.1 Å². The van der Waals surface area contributed by atoms with Crippen LogP contribution in [0.3, 0.4) is 0 Å². The van der Waals surface area contributed by atoms with Gasteiger partial charge in [-0.2, -0.15) is 0 Å². The summed E-state index contributed by atoms with van der Waals surface area (Å²) in [7, 11) is 0. The Hall–Kier alpha value is -1.02. The zero-order chi connectivity index (χ0) is 15.0. The monoisotopic (exact) mass is 275 g/mol. The highest BCUT2D eigenvalue weighted by atomic mass is 16.5. The fourth-order valence-electron chi connectivity index (χ4n) is 2.86. The second-order valence-electron chi connectivity index (χ2n) is 7.47. The Labute approximate surface area is 123 Å². The zero-order valence-electron chi connectivity index (χ0n) is 13.6. The van der Waals surface area contributed by atoms with Crippen molar-refractivity contribution in [3.63, 3.8) is 0 Å². The van der Waals surface area contributed by atoms with Gasteiger partial charge in [0.2, 0.25) is 0 Å². The third-order valence-electron chi connectivity index (χ3n) is 5.18. The Morgan fingerprint density at radius 3 is 2.30 bits per heavy atom. The van der Waals surface area contributed by atoms with E-state index in [0.717, 1.165) is 25.0 Å². The van der Waals surface area contributed by atoms with Crippen LogP contribution in [0.4, 0.5) is 0 Å². The Morgan fingerprint density at radius 2 is 1.85 bits per heavy atom. The van der Waals surface area contributed by atoms with Crippen LogP contribution in [0.15, 0.2) is 24.3 Å². The predicted octanol–water partition coefficient (Wildman–Crippen LogP) is 4.27. The Morgan fingerprint density at radius 1 is 1.25 bits per heavy atom. The average Bonchev–Trinajstić information content (AvgIpc) is 2.66. The van der Waals surface area contributed by atoms with Gasteiger partial charge in [0.25, 0.3) is 0 Å². The second kappa shape index (κ2) is 5.40. The van der Waals surface area contributed by atoms with Gasteiger partial charge in [-0.05, 0) is 47.8 Å². The molecule has 1 fully saturated rings. The van der Waals surface area contributed by atoms with Crippen molar-refractivity contribution < 1.29 is 4.74 Å². The van der Waals surface area contributed by atoms with Crippen molar-refractivity contribution in [3.05, 3.63) is 29.8 Å². The molecule has 2 atom stereocenters. The molecule has 20 heavy (non-hydrogen) atoms. The van der Waals surface area contributed by atoms with E-state index in [4.69, 9.17) is 10.5 Å². The van der Waals surface area contributed by atoms with Gasteiger partial charge < -0.3 is 10.5 Å². The molecular formula is C18H29NO. The van der Waals surface area contributed by atoms with E-state index in [2.05, 4.69) is 58.9 Å². The van der Waals surface area contributed by atoms with Crippen LogP contribution in [0, 0.1) is 5.41 Å². The maximum absolute atomic E-state index is 6.30. The van der Waals surface area contributed by atoms with Crippen LogP contribution in [0.2, 0.25) is 0 Å². The minimum Gasteiger partial charge on any atom is -0.489 e. The number of hydrogen-bond acceptors (Lipinski definition) is 2. The number of benzene rings is 1. The van der Waals surface area contributed by atoms with Crippen molar-refractivity contribution in [2.24, 2.45) is 11.1 Å². The van der Waals surface area contributed by atoms with Crippen molar-refractivity contribution in [1.29, 1.82) is 0 Å². The summed E-state index contributed by atoms with van der Waals surface area (Å²) in [4.78, 5) is 0. The summed E-state index contributed by atoms with van der Waals surface area (Å²) in [6.07, 6.45) is 3.47. The fraction of sp³-hybridized carbons (Fsp3) is 0.667. The van der Waals surface area contributed by atoms with Gasteiger partial charge in [0, 0.05) is 6.04 Å². The van der Waals surface area contributed by atoms with E-state index >= 15 is 0 Å². The van der Waals surface area contributed by atoms with Crippen molar-refractivity contribution in [2.45, 2.75) is 71.4 Å². The van der Waals surface area contributed by atoms with E-state index in [1.807, 2.05) is 0 Å². The molecule has 0 bridgehead atoms. The lowest BCUT2D eigenvalue weighted by Crippen LogP contribution is -2.42. The summed E-state index contributed by atoms with van der Waals surface area (Å²) in [5.74, 6) is 0.943. The highest BCUT2D eigenvalue weighted by molar-refractivity contribution is 5.31. The van der Waals surface area contributed by atoms with Crippen molar-refractivity contribution >= 4 is 0 Å². The molecule has 1 aliphatic rings. The van der Waals surface area contributed by atoms with Gasteiger partial charge >= 0.3 is 0 Å². The lowest BCUT2D eigenvalue weighted by molar-refractivity contribution is 0.165. The molecule has 2 heteroatoms. The smallest absolute Gasteiger partial charge is 0.119 e. The molecule has 2 unspecified atom stereocenters. The molecule has 1 aromatic carbocycles. The second-order valence-corrected chi connectivity index (χ2v) is 7.47. The molecular weight excluding hydrogens is 246 g/mol. The maximum atomic E-state index is 6.30. The average molecular weight is 275 g/mol. The van der Waals surface area contributed by atoms with Gasteiger partial charge in [-0.1, -0.05) is 46.8 Å². The van der Waals surface area contributed by atoms with Gasteiger partial charge in [0.1, 0.15) is 11.9 Å². The molecule has 2 N–H and O–H groups in total. The maximum Gasteiger partial charge on any atom is 0.119 e. The largest absolute Gasteiger partial charge is 0.489 e. The topological polar surface area (TPSA) is 35.2 Å². The molecule has 0 aliphatic heterocycles. The standard InChI is InChI=1S/C18H29NO/c1-6-17(2,3)13-7-9-14(10-8-13)20-15-11-12-18(4,5)16(15)19/h7-10,15-16H,6,11-12,19H2,1-5H3. The molecule has 0 radical (unpaired) electrons. The third-order valence-corrected chi connectivity index (χ3v) is 5.18. The van der Waals surface area contributed by atoms with Crippen LogP contribution >= 0.6 is 0 Å². The molecule has 0 aromatic heterocycles. The van der Waals surface area contributed by atoms with Crippen molar-refractivity contribution in [3.8, 4) is 5.75 Å². The number of rotatable bonds is 4. The van der Waals surface area contributed by atoms with Gasteiger partial charge in [0.15, 0.2) is 0 Å². The van der Waals surface area contributed by atoms with Crippen molar-refractivity contribution in [1.82, 2.24) is 0 Å². The quantitative estimate of drug-likeness (QED) is 0.890. The Balaban J connectivity index is 2.05. The van der Waals surface area contributed by atoms with Crippen LogP contribution in [0.5, 0.6) is 5.75 Å². The molecule has 0 spiro atoms. The highest BCUT2D eigenvalue weighted by Gasteiger charge is 2.40. The van der Waals surface area contributed by atoms with E-state index < -0.39 is 0 Å². The van der Waals surface area contributed by atoms with E-state index in [-0.39, 0.29) is 23.0 Å². The number of nitrogens with two attached hydrogens (primary N) is 1. The first-order valence-electron chi connectivity index (χ1n) is 7.79. The molecule has 1 aliphatic carbocycles. The summed E-state index contributed by atoms with van der Waals surface area (Å²) in [5.41, 5.74) is 8.08. The first-order chi connectivity index (χ1) is 9.26. The Bertz CT molecular complexity index is 447. The van der Waals surface area contributed by atoms with Crippen LogP contribution in [0.1, 0.15) is 59.4 Å². The number of hydrogen-bond donors (Lipinski definition) is 1. The lowest BCUT2D eigenvalue weighted by atomic mass is 9.82. The first kappa shape index (κ1) is 15.4. The van der Waals surface area contributed by atoms with Gasteiger partial charge in [0.05, 0.1) is 0 Å². The zero-order valence-corrected chi connectivity index (χ0v) is 13.6. The first-order valence-corrected chi connectivity index (χ1v) is 7.79. The molecule has 1 saturated carbocycles. The molecule has 0 heterocycles. The van der Waals surface area contributed by atoms with Crippen LogP contribution in [0.25, 0.3) is 0 Å². The van der Waals surface area contributed by atoms with E-state index in [1.165, 1.54) is 5.56 Å². The minimum atomic E-state index is 0.120. The summed E-state index contributed by atoms with van der Waals surface area (Å²) in [6, 6.07) is 8.67. The van der Waals surface area contributed by atoms with Crippen LogP contribution < -0.4 is 10.5 Å². The van der Waals surface area contributed by atoms with E-state index in [9.17, 15) is 0 Å². The van der Waals surface area contributed by atoms with Crippen LogP contribution in [-0.2, 0) is 5.41 Å². The van der Waals surface area contributed by atoms with Gasteiger partial charge in [-0.15, -0.1) is 0 Å².